The van der Waals surface area contributed by atoms with Crippen molar-refractivity contribution in [3.8, 4) is 11.3 Å². The van der Waals surface area contributed by atoms with E-state index in [1.54, 1.807) is 18.5 Å². The van der Waals surface area contributed by atoms with Crippen molar-refractivity contribution in [1.82, 2.24) is 14.6 Å². The zero-order chi connectivity index (χ0) is 19.7. The summed E-state index contributed by atoms with van der Waals surface area (Å²) in [6.45, 7) is 4.41. The molecule has 0 radical (unpaired) electrons. The summed E-state index contributed by atoms with van der Waals surface area (Å²) in [5, 5.41) is 12.4. The first kappa shape index (κ1) is 18.8. The smallest absolute Gasteiger partial charge is 0.138 e. The van der Waals surface area contributed by atoms with Crippen molar-refractivity contribution < 1.29 is 9.32 Å². The predicted octanol–water partition coefficient (Wildman–Crippen LogP) is 2.50. The van der Waals surface area contributed by atoms with Crippen LogP contribution in [-0.4, -0.2) is 51.8 Å². The minimum Gasteiger partial charge on any atom is -0.395 e. The van der Waals surface area contributed by atoms with E-state index in [0.717, 1.165) is 46.9 Å². The molecule has 28 heavy (non-hydrogen) atoms. The maximum atomic E-state index is 12.1. The molecule has 0 bridgehead atoms. The molecule has 3 N–H and O–H groups in total. The fourth-order valence-electron chi connectivity index (χ4n) is 2.96. The average molecular weight is 398 g/mol. The van der Waals surface area contributed by atoms with Gasteiger partial charge in [0.1, 0.15) is 16.8 Å². The Morgan fingerprint density at radius 3 is 2.75 bits per heavy atom. The number of aliphatic hydroxyl groups excluding tert-OH is 1. The lowest BCUT2D eigenvalue weighted by Crippen LogP contribution is -2.20. The van der Waals surface area contributed by atoms with Gasteiger partial charge in [-0.15, -0.1) is 0 Å². The van der Waals surface area contributed by atoms with Gasteiger partial charge in [-0.05, 0) is 31.0 Å². The van der Waals surface area contributed by atoms with Crippen LogP contribution < -0.4 is 10.0 Å². The predicted molar refractivity (Wildman–Crippen MR) is 113 cm³/mol. The first-order valence-electron chi connectivity index (χ1n) is 9.21. The van der Waals surface area contributed by atoms with Crippen molar-refractivity contribution in [2.24, 2.45) is 4.99 Å². The standard InChI is InChI=1S/C20H23N5O2S/c1-13-19-18(21-12-25(13)2)11-17(24-20(19)23-15-5-6-15)14-3-7-16(8-4-14)28(27)22-9-10-26/h3-4,7-8,11-12,15,22,26H,1,5-6,9-10H2,2H3,(H,23,24). The van der Waals surface area contributed by atoms with Gasteiger partial charge < -0.3 is 15.3 Å². The number of aromatic nitrogens is 1. The molecule has 1 atom stereocenters. The van der Waals surface area contributed by atoms with Crippen molar-refractivity contribution in [3.63, 3.8) is 0 Å². The number of anilines is 1. The fraction of sp³-hybridized carbons (Fsp3) is 0.300. The summed E-state index contributed by atoms with van der Waals surface area (Å²) in [6.07, 6.45) is 4.05. The maximum absolute atomic E-state index is 12.1. The number of pyridine rings is 1. The molecular formula is C20H23N5O2S. The summed E-state index contributed by atoms with van der Waals surface area (Å²) >= 11 is 0. The average Bonchev–Trinajstić information content (AvgIpc) is 3.53. The van der Waals surface area contributed by atoms with E-state index in [1.165, 1.54) is 0 Å². The van der Waals surface area contributed by atoms with Gasteiger partial charge in [0.25, 0.3) is 0 Å². The first-order valence-corrected chi connectivity index (χ1v) is 10.4. The van der Waals surface area contributed by atoms with Gasteiger partial charge in [0.05, 0.1) is 34.8 Å². The van der Waals surface area contributed by atoms with Crippen molar-refractivity contribution in [1.29, 1.82) is 0 Å². The summed E-state index contributed by atoms with van der Waals surface area (Å²) in [5.74, 6) is 0.806. The van der Waals surface area contributed by atoms with Gasteiger partial charge in [-0.3, -0.25) is 0 Å². The summed E-state index contributed by atoms with van der Waals surface area (Å²) in [7, 11) is 0.578. The molecule has 1 aromatic heterocycles. The summed E-state index contributed by atoms with van der Waals surface area (Å²) in [4.78, 5) is 12.0. The Labute approximate surface area is 166 Å². The SMILES string of the molecule is C=C1c2c(cc(-c3ccc(S(=O)NCCO)cc3)nc2NC2CC2)N=CN1C. The van der Waals surface area contributed by atoms with Gasteiger partial charge in [-0.25, -0.2) is 18.9 Å². The van der Waals surface area contributed by atoms with Crippen LogP contribution in [0.5, 0.6) is 0 Å². The molecule has 0 amide bonds. The number of benzene rings is 1. The quantitative estimate of drug-likeness (QED) is 0.668. The van der Waals surface area contributed by atoms with Crippen LogP contribution in [-0.2, 0) is 11.0 Å². The van der Waals surface area contributed by atoms with Gasteiger partial charge in [0.2, 0.25) is 0 Å². The number of fused-ring (bicyclic) bond motifs is 1. The molecule has 7 nitrogen and oxygen atoms in total. The molecule has 2 aliphatic rings. The zero-order valence-corrected chi connectivity index (χ0v) is 16.5. The third kappa shape index (κ3) is 3.84. The van der Waals surface area contributed by atoms with Crippen LogP contribution in [0.15, 0.2) is 46.8 Å². The number of aliphatic imine (C=N–C) groups is 1. The van der Waals surface area contributed by atoms with Crippen LogP contribution >= 0.6 is 0 Å². The summed E-state index contributed by atoms with van der Waals surface area (Å²) in [6, 6.07) is 9.83. The molecule has 0 saturated heterocycles. The molecule has 1 aliphatic heterocycles. The van der Waals surface area contributed by atoms with E-state index in [2.05, 4.69) is 21.6 Å². The monoisotopic (exact) mass is 397 g/mol. The second kappa shape index (κ2) is 7.83. The summed E-state index contributed by atoms with van der Waals surface area (Å²) in [5.41, 5.74) is 4.37. The Kier molecular flexibility index (Phi) is 5.25. The first-order chi connectivity index (χ1) is 13.6. The zero-order valence-electron chi connectivity index (χ0n) is 15.7. The Balaban J connectivity index is 1.68. The van der Waals surface area contributed by atoms with E-state index < -0.39 is 11.0 Å². The van der Waals surface area contributed by atoms with Gasteiger partial charge in [-0.2, -0.15) is 0 Å². The third-order valence-corrected chi connectivity index (χ3v) is 5.88. The number of hydrogen-bond acceptors (Lipinski definition) is 6. The number of rotatable bonds is 7. The van der Waals surface area contributed by atoms with Crippen LogP contribution in [0.1, 0.15) is 18.4 Å². The molecule has 1 fully saturated rings. The van der Waals surface area contributed by atoms with Gasteiger partial charge in [-0.1, -0.05) is 18.7 Å². The lowest BCUT2D eigenvalue weighted by Gasteiger charge is -2.25. The molecule has 1 aromatic carbocycles. The highest BCUT2D eigenvalue weighted by Gasteiger charge is 2.26. The van der Waals surface area contributed by atoms with Gasteiger partial charge in [0, 0.05) is 30.9 Å². The number of aliphatic hydroxyl groups is 1. The molecule has 1 aliphatic carbocycles. The molecule has 4 rings (SSSR count). The Morgan fingerprint density at radius 1 is 1.32 bits per heavy atom. The van der Waals surface area contributed by atoms with Crippen LogP contribution in [0.2, 0.25) is 0 Å². The Bertz CT molecular complexity index is 954. The molecule has 2 heterocycles. The van der Waals surface area contributed by atoms with Crippen molar-refractivity contribution in [3.05, 3.63) is 42.5 Å². The molecule has 1 unspecified atom stereocenters. The number of hydrogen-bond donors (Lipinski definition) is 3. The van der Waals surface area contributed by atoms with E-state index in [-0.39, 0.29) is 13.2 Å². The normalized spacial score (nSPS) is 16.8. The number of nitrogens with zero attached hydrogens (tertiary/aromatic N) is 3. The van der Waals surface area contributed by atoms with Crippen LogP contribution in [0, 0.1) is 0 Å². The molecule has 1 saturated carbocycles. The van der Waals surface area contributed by atoms with Crippen molar-refractivity contribution >= 4 is 34.5 Å². The molecular weight excluding hydrogens is 374 g/mol. The fourth-order valence-corrected chi connectivity index (χ4v) is 3.78. The van der Waals surface area contributed by atoms with E-state index in [0.29, 0.717) is 10.9 Å². The van der Waals surface area contributed by atoms with Crippen LogP contribution in [0.3, 0.4) is 0 Å². The maximum Gasteiger partial charge on any atom is 0.138 e. The summed E-state index contributed by atoms with van der Waals surface area (Å²) < 4.78 is 14.9. The second-order valence-corrected chi connectivity index (χ2v) is 8.18. The topological polar surface area (TPSA) is 89.8 Å². The minimum absolute atomic E-state index is 0.0549. The van der Waals surface area contributed by atoms with Crippen molar-refractivity contribution in [2.45, 2.75) is 23.8 Å². The molecule has 8 heteroatoms. The van der Waals surface area contributed by atoms with E-state index in [4.69, 9.17) is 10.1 Å². The highest BCUT2D eigenvalue weighted by atomic mass is 32.2. The van der Waals surface area contributed by atoms with Gasteiger partial charge >= 0.3 is 0 Å². The van der Waals surface area contributed by atoms with E-state index >= 15 is 0 Å². The second-order valence-electron chi connectivity index (χ2n) is 6.88. The third-order valence-electron chi connectivity index (χ3n) is 4.71. The highest BCUT2D eigenvalue weighted by Crippen LogP contribution is 2.39. The van der Waals surface area contributed by atoms with E-state index in [1.807, 2.05) is 30.1 Å². The lowest BCUT2D eigenvalue weighted by atomic mass is 10.1. The lowest BCUT2D eigenvalue weighted by molar-refractivity contribution is 0.302. The molecule has 2 aromatic rings. The van der Waals surface area contributed by atoms with Crippen LogP contribution in [0.25, 0.3) is 17.0 Å². The van der Waals surface area contributed by atoms with Crippen LogP contribution in [0.4, 0.5) is 11.5 Å². The molecule has 146 valence electrons. The van der Waals surface area contributed by atoms with Crippen molar-refractivity contribution in [2.75, 3.05) is 25.5 Å². The van der Waals surface area contributed by atoms with E-state index in [9.17, 15) is 4.21 Å². The minimum atomic E-state index is -1.35. The van der Waals surface area contributed by atoms with Gasteiger partial charge in [0.15, 0.2) is 0 Å². The number of nitrogens with one attached hydrogen (secondary N) is 2. The molecule has 0 spiro atoms. The highest BCUT2D eigenvalue weighted by molar-refractivity contribution is 7.83. The Morgan fingerprint density at radius 2 is 2.07 bits per heavy atom. The Hall–Kier alpha value is -2.55. The largest absolute Gasteiger partial charge is 0.395 e.